The quantitative estimate of drug-likeness (QED) is 0.901. The summed E-state index contributed by atoms with van der Waals surface area (Å²) < 4.78 is 0. The molecule has 0 amide bonds. The zero-order valence-electron chi connectivity index (χ0n) is 15.7. The monoisotopic (exact) mass is 369 g/mol. The topological polar surface area (TPSA) is 39.3 Å². The van der Waals surface area contributed by atoms with Gasteiger partial charge in [0.1, 0.15) is 0 Å². The van der Waals surface area contributed by atoms with E-state index in [0.717, 1.165) is 60.9 Å². The van der Waals surface area contributed by atoms with Crippen LogP contribution in [0.25, 0.3) is 16.6 Å². The van der Waals surface area contributed by atoms with E-state index in [9.17, 15) is 4.79 Å². The fourth-order valence-corrected chi connectivity index (χ4v) is 5.06. The summed E-state index contributed by atoms with van der Waals surface area (Å²) in [4.78, 5) is 20.3. The number of pyridine rings is 1. The Morgan fingerprint density at radius 3 is 2.69 bits per heavy atom. The van der Waals surface area contributed by atoms with Gasteiger partial charge in [-0.3, -0.25) is 9.69 Å². The third kappa shape index (κ3) is 3.19. The Morgan fingerprint density at radius 2 is 1.96 bits per heavy atom. The van der Waals surface area contributed by atoms with Crippen molar-refractivity contribution in [1.29, 1.82) is 0 Å². The van der Waals surface area contributed by atoms with E-state index in [0.29, 0.717) is 6.04 Å². The zero-order chi connectivity index (χ0) is 18.3. The number of aryl methyl sites for hydroxylation is 1. The fraction of sp³-hybridized carbons (Fsp3) is 0.476. The molecule has 1 saturated heterocycles. The highest BCUT2D eigenvalue weighted by Gasteiger charge is 2.21. The Labute approximate surface area is 159 Å². The summed E-state index contributed by atoms with van der Waals surface area (Å²) in [6, 6.07) is 6.98. The summed E-state index contributed by atoms with van der Waals surface area (Å²) in [5.41, 5.74) is 5.49. The molecule has 4 rings (SSSR count). The second-order valence-corrected chi connectivity index (χ2v) is 8.64. The molecule has 1 aromatic carbocycles. The lowest BCUT2D eigenvalue weighted by atomic mass is 9.98. The molecule has 0 bridgehead atoms. The normalized spacial score (nSPS) is 18.3. The van der Waals surface area contributed by atoms with E-state index in [1.165, 1.54) is 16.5 Å². The fourth-order valence-electron chi connectivity index (χ4n) is 4.06. The standard InChI is InChI=1S/C21H27N3OS/c1-14(2)23-7-9-24(10-8-23)15(3)16-4-5-20-18(12-16)17-6-11-26-13-19(17)21(25)22-20/h4-5,12,14H,3,6-11,13H2,1-2H3,(H,22,25). The van der Waals surface area contributed by atoms with E-state index < -0.39 is 0 Å². The maximum atomic E-state index is 12.3. The van der Waals surface area contributed by atoms with Gasteiger partial charge in [-0.05, 0) is 49.3 Å². The Kier molecular flexibility index (Phi) is 4.84. The van der Waals surface area contributed by atoms with Crippen molar-refractivity contribution >= 4 is 28.4 Å². The molecular weight excluding hydrogens is 342 g/mol. The van der Waals surface area contributed by atoms with Gasteiger partial charge in [0.05, 0.1) is 0 Å². The number of fused-ring (bicyclic) bond motifs is 3. The number of piperazine rings is 1. The minimum atomic E-state index is 0.0797. The van der Waals surface area contributed by atoms with Gasteiger partial charge in [0.25, 0.3) is 5.56 Å². The first kappa shape index (κ1) is 17.7. The summed E-state index contributed by atoms with van der Waals surface area (Å²) >= 11 is 1.85. The van der Waals surface area contributed by atoms with Crippen LogP contribution in [0.5, 0.6) is 0 Å². The van der Waals surface area contributed by atoms with Gasteiger partial charge in [-0.15, -0.1) is 0 Å². The van der Waals surface area contributed by atoms with E-state index in [1.807, 2.05) is 17.8 Å². The van der Waals surface area contributed by atoms with E-state index in [1.54, 1.807) is 0 Å². The van der Waals surface area contributed by atoms with Gasteiger partial charge in [0, 0.05) is 60.1 Å². The Balaban J connectivity index is 1.64. The smallest absolute Gasteiger partial charge is 0.252 e. The van der Waals surface area contributed by atoms with E-state index in [4.69, 9.17) is 0 Å². The van der Waals surface area contributed by atoms with E-state index >= 15 is 0 Å². The molecule has 1 fully saturated rings. The predicted molar refractivity (Wildman–Crippen MR) is 112 cm³/mol. The largest absolute Gasteiger partial charge is 0.369 e. The van der Waals surface area contributed by atoms with Crippen LogP contribution in [0.1, 0.15) is 30.5 Å². The summed E-state index contributed by atoms with van der Waals surface area (Å²) in [5, 5.41) is 1.19. The first-order valence-electron chi connectivity index (χ1n) is 9.48. The Bertz CT molecular complexity index is 894. The lowest BCUT2D eigenvalue weighted by Gasteiger charge is -2.39. The summed E-state index contributed by atoms with van der Waals surface area (Å²) in [5.74, 6) is 1.91. The third-order valence-corrected chi connectivity index (χ3v) is 6.72. The molecule has 0 unspecified atom stereocenters. The summed E-state index contributed by atoms with van der Waals surface area (Å²) in [6.45, 7) is 13.1. The lowest BCUT2D eigenvalue weighted by Crippen LogP contribution is -2.47. The van der Waals surface area contributed by atoms with E-state index in [-0.39, 0.29) is 5.56 Å². The highest BCUT2D eigenvalue weighted by molar-refractivity contribution is 7.98. The molecule has 1 N–H and O–H groups in total. The van der Waals surface area contributed by atoms with Gasteiger partial charge in [0.2, 0.25) is 0 Å². The molecule has 138 valence electrons. The van der Waals surface area contributed by atoms with Crippen molar-refractivity contribution in [3.63, 3.8) is 0 Å². The number of aromatic nitrogens is 1. The average molecular weight is 370 g/mol. The summed E-state index contributed by atoms with van der Waals surface area (Å²) in [7, 11) is 0. The molecule has 0 saturated carbocycles. The molecule has 3 heterocycles. The van der Waals surface area contributed by atoms with Gasteiger partial charge in [0.15, 0.2) is 0 Å². The minimum Gasteiger partial charge on any atom is -0.369 e. The molecule has 5 heteroatoms. The molecule has 4 nitrogen and oxygen atoms in total. The summed E-state index contributed by atoms with van der Waals surface area (Å²) in [6.07, 6.45) is 0.976. The number of H-pyrrole nitrogens is 1. The first-order chi connectivity index (χ1) is 12.5. The third-order valence-electron chi connectivity index (χ3n) is 5.73. The Morgan fingerprint density at radius 1 is 1.19 bits per heavy atom. The lowest BCUT2D eigenvalue weighted by molar-refractivity contribution is 0.144. The number of nitrogens with one attached hydrogen (secondary N) is 1. The van der Waals surface area contributed by atoms with Gasteiger partial charge in [-0.2, -0.15) is 11.8 Å². The maximum absolute atomic E-state index is 12.3. The van der Waals surface area contributed by atoms with Crippen LogP contribution in [-0.4, -0.2) is 52.8 Å². The van der Waals surface area contributed by atoms with Crippen LogP contribution in [0, 0.1) is 0 Å². The molecule has 0 spiro atoms. The van der Waals surface area contributed by atoms with Crippen molar-refractivity contribution in [3.05, 3.63) is 51.8 Å². The van der Waals surface area contributed by atoms with Crippen LogP contribution >= 0.6 is 11.8 Å². The number of hydrogen-bond acceptors (Lipinski definition) is 4. The van der Waals surface area contributed by atoms with Crippen LogP contribution in [0.3, 0.4) is 0 Å². The SMILES string of the molecule is C=C(c1ccc2[nH]c(=O)c3c(c2c1)CCSC3)N1CCN(C(C)C)CC1. The number of thioether (sulfide) groups is 1. The van der Waals surface area contributed by atoms with Gasteiger partial charge in [-0.1, -0.05) is 12.6 Å². The van der Waals surface area contributed by atoms with Crippen molar-refractivity contribution in [2.75, 3.05) is 31.9 Å². The first-order valence-corrected chi connectivity index (χ1v) is 10.6. The van der Waals surface area contributed by atoms with Crippen molar-refractivity contribution in [2.45, 2.75) is 32.1 Å². The van der Waals surface area contributed by atoms with Crippen LogP contribution in [0.15, 0.2) is 29.6 Å². The molecular formula is C21H27N3OS. The van der Waals surface area contributed by atoms with Crippen LogP contribution < -0.4 is 5.56 Å². The second kappa shape index (κ2) is 7.12. The minimum absolute atomic E-state index is 0.0797. The zero-order valence-corrected chi connectivity index (χ0v) is 16.5. The highest BCUT2D eigenvalue weighted by atomic mass is 32.2. The predicted octanol–water partition coefficient (Wildman–Crippen LogP) is 3.31. The van der Waals surface area contributed by atoms with Crippen LogP contribution in [-0.2, 0) is 12.2 Å². The number of rotatable bonds is 3. The second-order valence-electron chi connectivity index (χ2n) is 7.54. The molecule has 0 atom stereocenters. The van der Waals surface area contributed by atoms with E-state index in [2.05, 4.69) is 47.3 Å². The van der Waals surface area contributed by atoms with Crippen molar-refractivity contribution in [1.82, 2.24) is 14.8 Å². The van der Waals surface area contributed by atoms with Gasteiger partial charge < -0.3 is 9.88 Å². The average Bonchev–Trinajstić information content (AvgIpc) is 2.67. The number of nitrogens with zero attached hydrogens (tertiary/aromatic N) is 2. The molecule has 2 aromatic rings. The van der Waals surface area contributed by atoms with Gasteiger partial charge >= 0.3 is 0 Å². The van der Waals surface area contributed by atoms with Crippen molar-refractivity contribution < 1.29 is 0 Å². The molecule has 1 aromatic heterocycles. The highest BCUT2D eigenvalue weighted by Crippen LogP contribution is 2.30. The molecule has 0 aliphatic carbocycles. The molecule has 0 radical (unpaired) electrons. The van der Waals surface area contributed by atoms with Crippen LogP contribution in [0.2, 0.25) is 0 Å². The van der Waals surface area contributed by atoms with Crippen molar-refractivity contribution in [3.8, 4) is 0 Å². The number of hydrogen-bond donors (Lipinski definition) is 1. The van der Waals surface area contributed by atoms with Crippen molar-refractivity contribution in [2.24, 2.45) is 0 Å². The molecule has 26 heavy (non-hydrogen) atoms. The number of aromatic amines is 1. The number of benzene rings is 1. The maximum Gasteiger partial charge on any atom is 0.252 e. The molecule has 2 aliphatic heterocycles. The van der Waals surface area contributed by atoms with Gasteiger partial charge in [-0.25, -0.2) is 0 Å². The Hall–Kier alpha value is -1.72. The van der Waals surface area contributed by atoms with Crippen LogP contribution in [0.4, 0.5) is 0 Å². The molecule has 2 aliphatic rings.